The molecule has 3 amide bonds. The molecule has 0 radical (unpaired) electrons. The van der Waals surface area contributed by atoms with E-state index in [4.69, 9.17) is 16.6 Å². The quantitative estimate of drug-likeness (QED) is 0.138. The molecule has 202 valence electrons. The maximum atomic E-state index is 13.2. The zero-order chi connectivity index (χ0) is 27.5. The molecule has 2 rings (SSSR count). The van der Waals surface area contributed by atoms with Crippen LogP contribution < -0.4 is 27.4 Å². The van der Waals surface area contributed by atoms with Crippen LogP contribution in [0.5, 0.6) is 0 Å². The summed E-state index contributed by atoms with van der Waals surface area (Å²) in [5, 5.41) is 26.5. The SMILES string of the molecule is CC(NC(=O)C(N)CC(=O)O)C(=O)NC(Cc1c[nH]c2ccccc12)C(=O)NC(CCCCN)C(=O)O. The first-order valence-electron chi connectivity index (χ1n) is 11.9. The number of fused-ring (bicyclic) bond motifs is 1. The van der Waals surface area contributed by atoms with E-state index in [-0.39, 0.29) is 12.8 Å². The average molecular weight is 519 g/mol. The van der Waals surface area contributed by atoms with Gasteiger partial charge in [0.25, 0.3) is 0 Å². The number of para-hydroxylation sites is 1. The van der Waals surface area contributed by atoms with Crippen molar-refractivity contribution in [3.63, 3.8) is 0 Å². The predicted molar refractivity (Wildman–Crippen MR) is 134 cm³/mol. The number of H-pyrrole nitrogens is 1. The molecule has 0 saturated heterocycles. The number of amides is 3. The first-order valence-corrected chi connectivity index (χ1v) is 11.9. The Bertz CT molecular complexity index is 1120. The fourth-order valence-corrected chi connectivity index (χ4v) is 3.72. The van der Waals surface area contributed by atoms with Crippen LogP contribution in [0.1, 0.15) is 38.2 Å². The second-order valence-corrected chi connectivity index (χ2v) is 8.74. The first kappa shape index (κ1) is 29.3. The van der Waals surface area contributed by atoms with Crippen molar-refractivity contribution in [3.05, 3.63) is 36.0 Å². The maximum Gasteiger partial charge on any atom is 0.326 e. The van der Waals surface area contributed by atoms with Gasteiger partial charge in [-0.25, -0.2) is 4.79 Å². The van der Waals surface area contributed by atoms with Gasteiger partial charge >= 0.3 is 11.9 Å². The van der Waals surface area contributed by atoms with Crippen LogP contribution >= 0.6 is 0 Å². The normalized spacial score (nSPS) is 14.2. The van der Waals surface area contributed by atoms with Gasteiger partial charge in [0, 0.05) is 23.5 Å². The number of unbranched alkanes of at least 4 members (excludes halogenated alkanes) is 1. The summed E-state index contributed by atoms with van der Waals surface area (Å²) >= 11 is 0. The molecule has 0 spiro atoms. The number of carboxylic acid groups (broad SMARTS) is 2. The van der Waals surface area contributed by atoms with E-state index in [0.29, 0.717) is 24.9 Å². The lowest BCUT2D eigenvalue weighted by molar-refractivity contribution is -0.142. The molecule has 10 N–H and O–H groups in total. The van der Waals surface area contributed by atoms with Crippen LogP contribution in [-0.2, 0) is 30.4 Å². The average Bonchev–Trinajstić information content (AvgIpc) is 3.25. The number of rotatable bonds is 15. The number of hydrogen-bond acceptors (Lipinski definition) is 7. The summed E-state index contributed by atoms with van der Waals surface area (Å²) in [6.07, 6.45) is 2.37. The molecule has 0 aliphatic carbocycles. The lowest BCUT2D eigenvalue weighted by Crippen LogP contribution is -2.57. The van der Waals surface area contributed by atoms with Gasteiger partial charge in [0.1, 0.15) is 18.1 Å². The first-order chi connectivity index (χ1) is 17.5. The fourth-order valence-electron chi connectivity index (χ4n) is 3.72. The number of aliphatic carboxylic acids is 2. The molecule has 4 atom stereocenters. The molecule has 37 heavy (non-hydrogen) atoms. The van der Waals surface area contributed by atoms with Crippen LogP contribution in [0.2, 0.25) is 0 Å². The number of benzene rings is 1. The van der Waals surface area contributed by atoms with Crippen molar-refractivity contribution in [3.8, 4) is 0 Å². The highest BCUT2D eigenvalue weighted by Gasteiger charge is 2.29. The minimum absolute atomic E-state index is 0.0376. The highest BCUT2D eigenvalue weighted by molar-refractivity contribution is 5.95. The standard InChI is InChI=1S/C24H34N6O7/c1-13(28-22(34)16(26)11-20(31)32)21(33)30-19(10-14-12-27-17-7-3-2-6-15(14)17)23(35)29-18(24(36)37)8-4-5-9-25/h2-3,6-7,12-13,16,18-19,27H,4-5,8-11,25-26H2,1H3,(H,28,34)(H,29,35)(H,30,33)(H,31,32)(H,36,37). The third-order valence-corrected chi connectivity index (χ3v) is 5.78. The number of hydrogen-bond donors (Lipinski definition) is 8. The van der Waals surface area contributed by atoms with Crippen LogP contribution in [0.25, 0.3) is 10.9 Å². The zero-order valence-electron chi connectivity index (χ0n) is 20.5. The number of aromatic nitrogens is 1. The van der Waals surface area contributed by atoms with Gasteiger partial charge in [-0.2, -0.15) is 0 Å². The molecule has 1 aromatic carbocycles. The Morgan fingerprint density at radius 1 is 0.946 bits per heavy atom. The Balaban J connectivity index is 2.19. The van der Waals surface area contributed by atoms with E-state index < -0.39 is 60.2 Å². The zero-order valence-corrected chi connectivity index (χ0v) is 20.5. The van der Waals surface area contributed by atoms with E-state index in [2.05, 4.69) is 20.9 Å². The van der Waals surface area contributed by atoms with Gasteiger partial charge in [0.05, 0.1) is 12.5 Å². The molecule has 0 aliphatic rings. The third kappa shape index (κ3) is 8.88. The van der Waals surface area contributed by atoms with Gasteiger partial charge < -0.3 is 42.6 Å². The molecule has 13 nitrogen and oxygen atoms in total. The van der Waals surface area contributed by atoms with Crippen molar-refractivity contribution in [1.29, 1.82) is 0 Å². The van der Waals surface area contributed by atoms with E-state index in [9.17, 15) is 29.1 Å². The van der Waals surface area contributed by atoms with E-state index in [1.807, 2.05) is 24.3 Å². The van der Waals surface area contributed by atoms with Crippen LogP contribution in [0.3, 0.4) is 0 Å². The second kappa shape index (κ2) is 13.9. The Morgan fingerprint density at radius 3 is 2.27 bits per heavy atom. The Hall–Kier alpha value is -3.97. The lowest BCUT2D eigenvalue weighted by atomic mass is 10.0. The van der Waals surface area contributed by atoms with Crippen LogP contribution in [-0.4, -0.2) is 75.6 Å². The van der Waals surface area contributed by atoms with Crippen LogP contribution in [0, 0.1) is 0 Å². The molecule has 13 heteroatoms. The minimum atomic E-state index is -1.36. The highest BCUT2D eigenvalue weighted by atomic mass is 16.4. The molecule has 4 unspecified atom stereocenters. The monoisotopic (exact) mass is 518 g/mol. The third-order valence-electron chi connectivity index (χ3n) is 5.78. The van der Waals surface area contributed by atoms with Gasteiger partial charge in [0.15, 0.2) is 0 Å². The van der Waals surface area contributed by atoms with Crippen molar-refractivity contribution in [2.75, 3.05) is 6.54 Å². The molecule has 0 saturated carbocycles. The van der Waals surface area contributed by atoms with Crippen molar-refractivity contribution in [1.82, 2.24) is 20.9 Å². The summed E-state index contributed by atoms with van der Waals surface area (Å²) in [6, 6.07) is 2.51. The van der Waals surface area contributed by atoms with E-state index >= 15 is 0 Å². The number of carbonyl (C=O) groups excluding carboxylic acids is 3. The van der Waals surface area contributed by atoms with Gasteiger partial charge in [-0.15, -0.1) is 0 Å². The van der Waals surface area contributed by atoms with Gasteiger partial charge in [-0.1, -0.05) is 18.2 Å². The Labute approximate surface area is 213 Å². The summed E-state index contributed by atoms with van der Waals surface area (Å²) in [5.74, 6) is -4.76. The summed E-state index contributed by atoms with van der Waals surface area (Å²) < 4.78 is 0. The molecular weight excluding hydrogens is 484 g/mol. The van der Waals surface area contributed by atoms with Crippen molar-refractivity contribution >= 4 is 40.6 Å². The number of nitrogens with one attached hydrogen (secondary N) is 4. The Morgan fingerprint density at radius 2 is 1.62 bits per heavy atom. The van der Waals surface area contributed by atoms with Gasteiger partial charge in [0.2, 0.25) is 17.7 Å². The smallest absolute Gasteiger partial charge is 0.326 e. The minimum Gasteiger partial charge on any atom is -0.481 e. The van der Waals surface area contributed by atoms with Gasteiger partial charge in [-0.3, -0.25) is 19.2 Å². The van der Waals surface area contributed by atoms with Crippen molar-refractivity contribution in [2.45, 2.75) is 63.2 Å². The molecule has 1 aromatic heterocycles. The fraction of sp³-hybridized carbons (Fsp3) is 0.458. The molecular formula is C24H34N6O7. The number of nitrogens with two attached hydrogens (primary N) is 2. The topological polar surface area (TPSA) is 230 Å². The van der Waals surface area contributed by atoms with Crippen molar-refractivity contribution < 1.29 is 34.2 Å². The van der Waals surface area contributed by atoms with Crippen molar-refractivity contribution in [2.24, 2.45) is 11.5 Å². The van der Waals surface area contributed by atoms with E-state index in [0.717, 1.165) is 10.9 Å². The molecule has 0 fully saturated rings. The van der Waals surface area contributed by atoms with Crippen LogP contribution in [0.15, 0.2) is 30.5 Å². The van der Waals surface area contributed by atoms with Crippen LogP contribution in [0.4, 0.5) is 0 Å². The summed E-state index contributed by atoms with van der Waals surface area (Å²) in [4.78, 5) is 63.7. The Kier molecular flexibility index (Phi) is 11.0. The molecule has 0 bridgehead atoms. The number of carbonyl (C=O) groups is 5. The number of carboxylic acids is 2. The number of aromatic amines is 1. The van der Waals surface area contributed by atoms with E-state index in [1.54, 1.807) is 6.20 Å². The van der Waals surface area contributed by atoms with Gasteiger partial charge in [-0.05, 0) is 44.4 Å². The summed E-state index contributed by atoms with van der Waals surface area (Å²) in [7, 11) is 0. The van der Waals surface area contributed by atoms with E-state index in [1.165, 1.54) is 6.92 Å². The molecule has 1 heterocycles. The molecule has 2 aromatic rings. The summed E-state index contributed by atoms with van der Waals surface area (Å²) in [5.41, 5.74) is 12.5. The highest BCUT2D eigenvalue weighted by Crippen LogP contribution is 2.19. The lowest BCUT2D eigenvalue weighted by Gasteiger charge is -2.23. The largest absolute Gasteiger partial charge is 0.481 e. The summed E-state index contributed by atoms with van der Waals surface area (Å²) in [6.45, 7) is 1.74. The maximum absolute atomic E-state index is 13.2. The second-order valence-electron chi connectivity index (χ2n) is 8.74. The molecule has 0 aliphatic heterocycles. The predicted octanol–water partition coefficient (Wildman–Crippen LogP) is -0.800.